The van der Waals surface area contributed by atoms with Crippen LogP contribution < -0.4 is 0 Å². The summed E-state index contributed by atoms with van der Waals surface area (Å²) in [7, 11) is -4.27. The summed E-state index contributed by atoms with van der Waals surface area (Å²) < 4.78 is 28.9. The van der Waals surface area contributed by atoms with E-state index in [9.17, 15) is 8.42 Å². The van der Waals surface area contributed by atoms with Crippen LogP contribution in [-0.4, -0.2) is 13.0 Å². The second kappa shape index (κ2) is 3.91. The van der Waals surface area contributed by atoms with Gasteiger partial charge in [-0.05, 0) is 11.6 Å². The van der Waals surface area contributed by atoms with Gasteiger partial charge in [-0.3, -0.25) is 4.55 Å². The SMILES string of the molecule is O=S(=O)(O)C(Cl)=Cc1ccccc1. The largest absolute Gasteiger partial charge is 0.305 e. The normalized spacial score (nSPS) is 12.9. The molecule has 0 bridgehead atoms. The molecular formula is C8H7ClO3S. The summed E-state index contributed by atoms with van der Waals surface area (Å²) in [4.78, 5) is 0. The van der Waals surface area contributed by atoms with E-state index in [1.807, 2.05) is 0 Å². The van der Waals surface area contributed by atoms with Gasteiger partial charge in [0.25, 0.3) is 0 Å². The lowest BCUT2D eigenvalue weighted by Crippen LogP contribution is -1.95. The lowest BCUT2D eigenvalue weighted by atomic mass is 10.2. The standard InChI is InChI=1S/C8H7ClO3S/c9-8(13(10,11)12)6-7-4-2-1-3-5-7/h1-6H,(H,10,11,12). The monoisotopic (exact) mass is 218 g/mol. The molecule has 0 amide bonds. The molecule has 1 rings (SSSR count). The molecule has 5 heteroatoms. The molecule has 0 aliphatic carbocycles. The third kappa shape index (κ3) is 3.18. The third-order valence-corrected chi connectivity index (χ3v) is 2.63. The summed E-state index contributed by atoms with van der Waals surface area (Å²) in [6.45, 7) is 0. The van der Waals surface area contributed by atoms with Gasteiger partial charge >= 0.3 is 10.1 Å². The lowest BCUT2D eigenvalue weighted by molar-refractivity contribution is 0.493. The zero-order valence-corrected chi connectivity index (χ0v) is 8.09. The number of benzene rings is 1. The van der Waals surface area contributed by atoms with Crippen molar-refractivity contribution in [3.05, 3.63) is 40.3 Å². The second-order valence-electron chi connectivity index (χ2n) is 2.33. The molecule has 3 nitrogen and oxygen atoms in total. The molecule has 0 saturated carbocycles. The van der Waals surface area contributed by atoms with Crippen molar-refractivity contribution in [3.8, 4) is 0 Å². The molecule has 0 radical (unpaired) electrons. The molecule has 0 aliphatic heterocycles. The summed E-state index contributed by atoms with van der Waals surface area (Å²) >= 11 is 5.31. The molecule has 0 aliphatic rings. The Balaban J connectivity index is 3.04. The van der Waals surface area contributed by atoms with Crippen LogP contribution in [0.1, 0.15) is 5.56 Å². The van der Waals surface area contributed by atoms with E-state index in [0.717, 1.165) is 0 Å². The zero-order chi connectivity index (χ0) is 9.90. The first-order valence-corrected chi connectivity index (χ1v) is 5.22. The Kier molecular flexibility index (Phi) is 3.08. The molecule has 1 aromatic rings. The highest BCUT2D eigenvalue weighted by Gasteiger charge is 2.09. The van der Waals surface area contributed by atoms with E-state index in [1.54, 1.807) is 30.3 Å². The van der Waals surface area contributed by atoms with Gasteiger partial charge in [0, 0.05) is 0 Å². The maximum Gasteiger partial charge on any atom is 0.305 e. The summed E-state index contributed by atoms with van der Waals surface area (Å²) in [5, 5.41) is 0. The topological polar surface area (TPSA) is 54.4 Å². The third-order valence-electron chi connectivity index (χ3n) is 1.33. The average molecular weight is 219 g/mol. The maximum atomic E-state index is 10.5. The minimum Gasteiger partial charge on any atom is -0.281 e. The first kappa shape index (κ1) is 10.2. The molecule has 1 N–H and O–H groups in total. The summed E-state index contributed by atoms with van der Waals surface area (Å²) in [5.41, 5.74) is 0.616. The van der Waals surface area contributed by atoms with E-state index in [1.165, 1.54) is 6.08 Å². The highest BCUT2D eigenvalue weighted by Crippen LogP contribution is 2.14. The fourth-order valence-corrected chi connectivity index (χ4v) is 1.17. The first-order chi connectivity index (χ1) is 6.00. The highest BCUT2D eigenvalue weighted by molar-refractivity contribution is 7.91. The quantitative estimate of drug-likeness (QED) is 0.774. The molecule has 13 heavy (non-hydrogen) atoms. The number of rotatable bonds is 2. The van der Waals surface area contributed by atoms with Crippen molar-refractivity contribution in [2.75, 3.05) is 0 Å². The van der Waals surface area contributed by atoms with Crippen LogP contribution in [0.15, 0.2) is 34.7 Å². The van der Waals surface area contributed by atoms with Crippen LogP contribution >= 0.6 is 11.6 Å². The van der Waals surface area contributed by atoms with Crippen LogP contribution in [0.2, 0.25) is 0 Å². The van der Waals surface area contributed by atoms with Gasteiger partial charge in [0.2, 0.25) is 0 Å². The molecule has 0 heterocycles. The molecule has 70 valence electrons. The fourth-order valence-electron chi connectivity index (χ4n) is 0.755. The Morgan fingerprint density at radius 1 is 1.31 bits per heavy atom. The number of hydrogen-bond acceptors (Lipinski definition) is 2. The molecule has 0 fully saturated rings. The van der Waals surface area contributed by atoms with E-state index >= 15 is 0 Å². The fraction of sp³-hybridized carbons (Fsp3) is 0. The highest BCUT2D eigenvalue weighted by atomic mass is 35.5. The predicted octanol–water partition coefficient (Wildman–Crippen LogP) is 2.11. The van der Waals surface area contributed by atoms with Crippen molar-refractivity contribution >= 4 is 27.8 Å². The number of hydrogen-bond donors (Lipinski definition) is 1. The molecule has 0 saturated heterocycles. The minimum absolute atomic E-state index is 0.585. The minimum atomic E-state index is -4.27. The van der Waals surface area contributed by atoms with Crippen LogP contribution in [0.25, 0.3) is 6.08 Å². The van der Waals surface area contributed by atoms with Gasteiger partial charge in [0.05, 0.1) is 0 Å². The van der Waals surface area contributed by atoms with Crippen molar-refractivity contribution < 1.29 is 13.0 Å². The maximum absolute atomic E-state index is 10.5. The van der Waals surface area contributed by atoms with Gasteiger partial charge in [0.1, 0.15) is 0 Å². The molecule has 0 unspecified atom stereocenters. The van der Waals surface area contributed by atoms with Crippen molar-refractivity contribution in [1.82, 2.24) is 0 Å². The van der Waals surface area contributed by atoms with Crippen LogP contribution in [0, 0.1) is 0 Å². The van der Waals surface area contributed by atoms with Crippen LogP contribution in [-0.2, 0) is 10.1 Å². The van der Waals surface area contributed by atoms with Crippen LogP contribution in [0.3, 0.4) is 0 Å². The summed E-state index contributed by atoms with van der Waals surface area (Å²) in [5.74, 6) is 0. The Morgan fingerprint density at radius 3 is 2.31 bits per heavy atom. The summed E-state index contributed by atoms with van der Waals surface area (Å²) in [6, 6.07) is 8.61. The van der Waals surface area contributed by atoms with Gasteiger partial charge in [-0.25, -0.2) is 0 Å². The van der Waals surface area contributed by atoms with Gasteiger partial charge < -0.3 is 0 Å². The van der Waals surface area contributed by atoms with Crippen LogP contribution in [0.5, 0.6) is 0 Å². The smallest absolute Gasteiger partial charge is 0.281 e. The van der Waals surface area contributed by atoms with E-state index in [2.05, 4.69) is 0 Å². The molecule has 0 spiro atoms. The van der Waals surface area contributed by atoms with Crippen LogP contribution in [0.4, 0.5) is 0 Å². The molecule has 0 aromatic heterocycles. The van der Waals surface area contributed by atoms with Crippen molar-refractivity contribution in [2.45, 2.75) is 0 Å². The van der Waals surface area contributed by atoms with Gasteiger partial charge in [-0.2, -0.15) is 8.42 Å². The van der Waals surface area contributed by atoms with E-state index in [0.29, 0.717) is 5.56 Å². The van der Waals surface area contributed by atoms with Crippen molar-refractivity contribution in [3.63, 3.8) is 0 Å². The van der Waals surface area contributed by atoms with E-state index in [4.69, 9.17) is 16.2 Å². The Bertz CT molecular complexity index is 408. The number of halogens is 1. The van der Waals surface area contributed by atoms with E-state index in [-0.39, 0.29) is 0 Å². The summed E-state index contributed by atoms with van der Waals surface area (Å²) in [6.07, 6.45) is 1.18. The Morgan fingerprint density at radius 2 is 1.85 bits per heavy atom. The van der Waals surface area contributed by atoms with Crippen molar-refractivity contribution in [1.29, 1.82) is 0 Å². The molecule has 0 atom stereocenters. The lowest BCUT2D eigenvalue weighted by Gasteiger charge is -1.94. The first-order valence-electron chi connectivity index (χ1n) is 3.40. The van der Waals surface area contributed by atoms with E-state index < -0.39 is 14.5 Å². The Labute approximate surface area is 81.4 Å². The van der Waals surface area contributed by atoms with Crippen molar-refractivity contribution in [2.24, 2.45) is 0 Å². The molecular weight excluding hydrogens is 212 g/mol. The molecule has 1 aromatic carbocycles. The predicted molar refractivity (Wildman–Crippen MR) is 51.8 cm³/mol. The van der Waals surface area contributed by atoms with Gasteiger partial charge in [0.15, 0.2) is 4.36 Å². The average Bonchev–Trinajstić information content (AvgIpc) is 2.04. The van der Waals surface area contributed by atoms with Gasteiger partial charge in [-0.1, -0.05) is 41.9 Å². The Hall–Kier alpha value is -0.840. The van der Waals surface area contributed by atoms with Gasteiger partial charge in [-0.15, -0.1) is 0 Å². The zero-order valence-electron chi connectivity index (χ0n) is 6.51. The second-order valence-corrected chi connectivity index (χ2v) is 4.36.